The number of thiophene rings is 2. The van der Waals surface area contributed by atoms with Gasteiger partial charge < -0.3 is 4.90 Å². The number of aromatic nitrogens is 2. The van der Waals surface area contributed by atoms with E-state index in [2.05, 4.69) is 10.4 Å². The lowest BCUT2D eigenvalue weighted by atomic mass is 9.96. The number of hydrogen-bond acceptors (Lipinski definition) is 6. The molecule has 1 aliphatic rings. The molecule has 28 heavy (non-hydrogen) atoms. The Morgan fingerprint density at radius 3 is 2.79 bits per heavy atom. The minimum atomic E-state index is -0.264. The zero-order valence-corrected chi connectivity index (χ0v) is 17.0. The van der Waals surface area contributed by atoms with Gasteiger partial charge in [0, 0.05) is 23.9 Å². The minimum Gasteiger partial charge on any atom is -0.338 e. The molecule has 4 heterocycles. The average Bonchev–Trinajstić information content (AvgIpc) is 3.39. The molecule has 7 nitrogen and oxygen atoms in total. The monoisotopic (exact) mass is 416 g/mol. The predicted octanol–water partition coefficient (Wildman–Crippen LogP) is 2.70. The third kappa shape index (κ3) is 3.59. The number of hydrogen-bond donors (Lipinski definition) is 1. The van der Waals surface area contributed by atoms with Crippen molar-refractivity contribution in [2.45, 2.75) is 26.2 Å². The van der Waals surface area contributed by atoms with Crippen LogP contribution in [0, 0.1) is 5.92 Å². The highest BCUT2D eigenvalue weighted by molar-refractivity contribution is 7.18. The lowest BCUT2D eigenvalue weighted by molar-refractivity contribution is -0.122. The van der Waals surface area contributed by atoms with Crippen LogP contribution in [0.2, 0.25) is 0 Å². The molecule has 0 spiro atoms. The van der Waals surface area contributed by atoms with Gasteiger partial charge in [-0.1, -0.05) is 13.0 Å². The first-order valence-electron chi connectivity index (χ1n) is 9.20. The van der Waals surface area contributed by atoms with Crippen molar-refractivity contribution < 1.29 is 9.59 Å². The number of nitrogens with one attached hydrogen (secondary N) is 1. The molecule has 0 bridgehead atoms. The molecule has 0 unspecified atom stereocenters. The Morgan fingerprint density at radius 1 is 1.32 bits per heavy atom. The van der Waals surface area contributed by atoms with E-state index in [1.165, 1.54) is 33.7 Å². The van der Waals surface area contributed by atoms with E-state index in [4.69, 9.17) is 0 Å². The number of piperidine rings is 1. The van der Waals surface area contributed by atoms with E-state index in [1.807, 2.05) is 30.5 Å². The highest BCUT2D eigenvalue weighted by Crippen LogP contribution is 2.22. The molecule has 4 rings (SSSR count). The van der Waals surface area contributed by atoms with Crippen LogP contribution in [0.4, 0.5) is 0 Å². The van der Waals surface area contributed by atoms with Crippen LogP contribution < -0.4 is 11.0 Å². The second-order valence-corrected chi connectivity index (χ2v) is 8.79. The van der Waals surface area contributed by atoms with Gasteiger partial charge in [0.15, 0.2) is 0 Å². The number of fused-ring (bicyclic) bond motifs is 1. The molecule has 1 aliphatic heterocycles. The quantitative estimate of drug-likeness (QED) is 0.709. The second kappa shape index (κ2) is 7.84. The molecule has 3 aromatic rings. The maximum Gasteiger partial charge on any atom is 0.280 e. The molecule has 0 atom stereocenters. The Balaban J connectivity index is 1.41. The smallest absolute Gasteiger partial charge is 0.280 e. The average molecular weight is 417 g/mol. The van der Waals surface area contributed by atoms with Crippen molar-refractivity contribution in [3.63, 3.8) is 0 Å². The molecule has 1 saturated heterocycles. The Labute approximate surface area is 169 Å². The van der Waals surface area contributed by atoms with Gasteiger partial charge in [-0.25, -0.2) is 9.66 Å². The topological polar surface area (TPSA) is 84.3 Å². The van der Waals surface area contributed by atoms with Crippen LogP contribution >= 0.6 is 22.7 Å². The van der Waals surface area contributed by atoms with Crippen molar-refractivity contribution in [2.24, 2.45) is 5.92 Å². The number of nitrogens with zero attached hydrogens (tertiary/aromatic N) is 3. The first kappa shape index (κ1) is 18.8. The SMILES string of the molecule is CCc1cc2c(=O)n(NC(=O)C3CCN(C(=O)c4cccs4)CC3)cnc2s1. The largest absolute Gasteiger partial charge is 0.338 e. The highest BCUT2D eigenvalue weighted by Gasteiger charge is 2.28. The molecule has 146 valence electrons. The number of amides is 2. The summed E-state index contributed by atoms with van der Waals surface area (Å²) >= 11 is 2.92. The molecule has 0 aromatic carbocycles. The van der Waals surface area contributed by atoms with E-state index >= 15 is 0 Å². The number of carbonyl (C=O) groups excluding carboxylic acids is 2. The summed E-state index contributed by atoms with van der Waals surface area (Å²) in [5, 5.41) is 2.41. The molecule has 3 aromatic heterocycles. The van der Waals surface area contributed by atoms with Crippen molar-refractivity contribution in [1.29, 1.82) is 0 Å². The lowest BCUT2D eigenvalue weighted by Crippen LogP contribution is -2.43. The third-order valence-electron chi connectivity index (χ3n) is 4.97. The van der Waals surface area contributed by atoms with Crippen LogP contribution in [0.15, 0.2) is 34.7 Å². The Kier molecular flexibility index (Phi) is 5.27. The van der Waals surface area contributed by atoms with Crippen LogP contribution in [0.25, 0.3) is 10.2 Å². The summed E-state index contributed by atoms with van der Waals surface area (Å²) < 4.78 is 1.17. The minimum absolute atomic E-state index is 0.0175. The van der Waals surface area contributed by atoms with E-state index in [1.54, 1.807) is 4.90 Å². The maximum atomic E-state index is 12.6. The van der Waals surface area contributed by atoms with Gasteiger partial charge in [-0.05, 0) is 36.8 Å². The van der Waals surface area contributed by atoms with Crippen LogP contribution in [0.3, 0.4) is 0 Å². The van der Waals surface area contributed by atoms with Crippen LogP contribution in [0.5, 0.6) is 0 Å². The van der Waals surface area contributed by atoms with Crippen molar-refractivity contribution in [3.05, 3.63) is 50.0 Å². The molecular formula is C19H20N4O3S2. The summed E-state index contributed by atoms with van der Waals surface area (Å²) in [4.78, 5) is 46.2. The molecule has 0 radical (unpaired) electrons. The van der Waals surface area contributed by atoms with Gasteiger partial charge in [0.1, 0.15) is 11.2 Å². The van der Waals surface area contributed by atoms with Gasteiger partial charge in [-0.2, -0.15) is 0 Å². The fraction of sp³-hybridized carbons (Fsp3) is 0.368. The van der Waals surface area contributed by atoms with Gasteiger partial charge in [-0.3, -0.25) is 19.8 Å². The zero-order chi connectivity index (χ0) is 19.7. The van der Waals surface area contributed by atoms with Gasteiger partial charge >= 0.3 is 0 Å². The van der Waals surface area contributed by atoms with Gasteiger partial charge in [0.05, 0.1) is 10.3 Å². The summed E-state index contributed by atoms with van der Waals surface area (Å²) in [5.74, 6) is -0.426. The van der Waals surface area contributed by atoms with Gasteiger partial charge in [0.25, 0.3) is 11.5 Å². The normalized spacial score (nSPS) is 15.1. The second-order valence-electron chi connectivity index (χ2n) is 6.72. The summed E-state index contributed by atoms with van der Waals surface area (Å²) in [7, 11) is 0. The van der Waals surface area contributed by atoms with E-state index in [9.17, 15) is 14.4 Å². The first-order valence-corrected chi connectivity index (χ1v) is 10.9. The summed E-state index contributed by atoms with van der Waals surface area (Å²) in [6.07, 6.45) is 3.36. The zero-order valence-electron chi connectivity index (χ0n) is 15.4. The van der Waals surface area contributed by atoms with Crippen LogP contribution in [-0.4, -0.2) is 39.5 Å². The van der Waals surface area contributed by atoms with E-state index in [0.29, 0.717) is 36.1 Å². The fourth-order valence-electron chi connectivity index (χ4n) is 3.34. The molecule has 0 saturated carbocycles. The summed E-state index contributed by atoms with van der Waals surface area (Å²) in [6, 6.07) is 5.51. The highest BCUT2D eigenvalue weighted by atomic mass is 32.1. The van der Waals surface area contributed by atoms with Gasteiger partial charge in [0.2, 0.25) is 5.91 Å². The molecule has 0 aliphatic carbocycles. The molecule has 2 amide bonds. The van der Waals surface area contributed by atoms with Crippen molar-refractivity contribution in [2.75, 3.05) is 18.5 Å². The van der Waals surface area contributed by atoms with Crippen molar-refractivity contribution in [3.8, 4) is 0 Å². The molecular weight excluding hydrogens is 396 g/mol. The van der Waals surface area contributed by atoms with Crippen molar-refractivity contribution in [1.82, 2.24) is 14.6 Å². The number of carbonyl (C=O) groups is 2. The van der Waals surface area contributed by atoms with Crippen LogP contribution in [-0.2, 0) is 11.2 Å². The number of aryl methyl sites for hydroxylation is 1. The Morgan fingerprint density at radius 2 is 2.11 bits per heavy atom. The van der Waals surface area contributed by atoms with Crippen LogP contribution in [0.1, 0.15) is 34.3 Å². The van der Waals surface area contributed by atoms with E-state index in [-0.39, 0.29) is 23.3 Å². The molecule has 1 fully saturated rings. The number of rotatable bonds is 4. The van der Waals surface area contributed by atoms with Crippen molar-refractivity contribution >= 4 is 44.7 Å². The maximum absolute atomic E-state index is 12.6. The molecule has 1 N–H and O–H groups in total. The van der Waals surface area contributed by atoms with E-state index in [0.717, 1.165) is 16.2 Å². The summed E-state index contributed by atoms with van der Waals surface area (Å²) in [6.45, 7) is 3.09. The van der Waals surface area contributed by atoms with Gasteiger partial charge in [-0.15, -0.1) is 22.7 Å². The molecule has 9 heteroatoms. The standard InChI is InChI=1S/C19H20N4O3S2/c1-2-13-10-14-17(28-13)20-11-23(18(14)25)21-16(24)12-5-7-22(8-6-12)19(26)15-4-3-9-27-15/h3-4,9-12H,2,5-8H2,1H3,(H,21,24). The van der Waals surface area contributed by atoms with E-state index < -0.39 is 0 Å². The Bertz CT molecular complexity index is 1060. The lowest BCUT2D eigenvalue weighted by Gasteiger charge is -2.31. The number of likely N-dealkylation sites (tertiary alicyclic amines) is 1. The summed E-state index contributed by atoms with van der Waals surface area (Å²) in [5.41, 5.74) is 2.41. The third-order valence-corrected chi connectivity index (χ3v) is 7.01. The fourth-order valence-corrected chi connectivity index (χ4v) is 4.95. The Hall–Kier alpha value is -2.52. The predicted molar refractivity (Wildman–Crippen MR) is 111 cm³/mol. The first-order chi connectivity index (χ1) is 13.6.